The minimum atomic E-state index is -0.0478. The van der Waals surface area contributed by atoms with Crippen LogP contribution < -0.4 is 15.4 Å². The molecule has 0 saturated carbocycles. The molecule has 0 radical (unpaired) electrons. The summed E-state index contributed by atoms with van der Waals surface area (Å²) >= 11 is 0. The first-order chi connectivity index (χ1) is 11.3. The highest BCUT2D eigenvalue weighted by atomic mass is 16.5. The van der Waals surface area contributed by atoms with Crippen LogP contribution in [0.2, 0.25) is 0 Å². The third-order valence-corrected chi connectivity index (χ3v) is 4.24. The Morgan fingerprint density at radius 1 is 1.04 bits per heavy atom. The fourth-order valence-electron chi connectivity index (χ4n) is 3.05. The van der Waals surface area contributed by atoms with Crippen molar-refractivity contribution in [3.8, 4) is 16.9 Å². The second-order valence-corrected chi connectivity index (χ2v) is 5.75. The van der Waals surface area contributed by atoms with E-state index in [1.165, 1.54) is 5.56 Å². The van der Waals surface area contributed by atoms with Crippen molar-refractivity contribution in [2.24, 2.45) is 5.92 Å². The second kappa shape index (κ2) is 7.29. The number of hydrogen-bond donors (Lipinski definition) is 2. The molecule has 0 spiro atoms. The number of hydrogen-bond acceptors (Lipinski definition) is 3. The third-order valence-electron chi connectivity index (χ3n) is 4.24. The lowest BCUT2D eigenvalue weighted by molar-refractivity contribution is -0.124. The molecule has 1 saturated heterocycles. The lowest BCUT2D eigenvalue weighted by Crippen LogP contribution is -2.32. The summed E-state index contributed by atoms with van der Waals surface area (Å²) in [7, 11) is 1.68. The predicted molar refractivity (Wildman–Crippen MR) is 91.5 cm³/mol. The van der Waals surface area contributed by atoms with Crippen LogP contribution in [0.5, 0.6) is 5.75 Å². The lowest BCUT2D eigenvalue weighted by atomic mass is 9.91. The summed E-state index contributed by atoms with van der Waals surface area (Å²) in [5.41, 5.74) is 3.36. The van der Waals surface area contributed by atoms with E-state index in [1.807, 2.05) is 30.3 Å². The number of amides is 1. The van der Waals surface area contributed by atoms with E-state index in [-0.39, 0.29) is 11.8 Å². The van der Waals surface area contributed by atoms with Crippen molar-refractivity contribution in [1.29, 1.82) is 0 Å². The van der Waals surface area contributed by atoms with Gasteiger partial charge < -0.3 is 15.4 Å². The van der Waals surface area contributed by atoms with E-state index in [2.05, 4.69) is 28.8 Å². The number of benzene rings is 2. The largest absolute Gasteiger partial charge is 0.496 e. The van der Waals surface area contributed by atoms with E-state index >= 15 is 0 Å². The molecule has 4 heteroatoms. The van der Waals surface area contributed by atoms with Crippen LogP contribution in [-0.4, -0.2) is 32.7 Å². The summed E-state index contributed by atoms with van der Waals surface area (Å²) < 4.78 is 5.49. The van der Waals surface area contributed by atoms with E-state index in [4.69, 9.17) is 4.74 Å². The maximum Gasteiger partial charge on any atom is 0.224 e. The van der Waals surface area contributed by atoms with Gasteiger partial charge in [-0.3, -0.25) is 4.79 Å². The van der Waals surface area contributed by atoms with Crippen molar-refractivity contribution >= 4 is 5.91 Å². The Kier molecular flexibility index (Phi) is 4.93. The average Bonchev–Trinajstić information content (AvgIpc) is 2.80. The monoisotopic (exact) mass is 310 g/mol. The molecule has 1 amide bonds. The Bertz CT molecular complexity index is 685. The van der Waals surface area contributed by atoms with Gasteiger partial charge in [-0.25, -0.2) is 0 Å². The predicted octanol–water partition coefficient (Wildman–Crippen LogP) is 2.24. The Morgan fingerprint density at radius 3 is 2.61 bits per heavy atom. The molecule has 0 aromatic heterocycles. The zero-order valence-electron chi connectivity index (χ0n) is 13.3. The second-order valence-electron chi connectivity index (χ2n) is 5.75. The first-order valence-corrected chi connectivity index (χ1v) is 7.99. The highest BCUT2D eigenvalue weighted by Crippen LogP contribution is 2.33. The molecule has 0 aliphatic carbocycles. The van der Waals surface area contributed by atoms with Gasteiger partial charge in [0.1, 0.15) is 5.75 Å². The smallest absolute Gasteiger partial charge is 0.224 e. The van der Waals surface area contributed by atoms with Crippen molar-refractivity contribution in [2.75, 3.05) is 26.7 Å². The number of para-hydroxylation sites is 1. The van der Waals surface area contributed by atoms with Gasteiger partial charge in [0.15, 0.2) is 0 Å². The van der Waals surface area contributed by atoms with Crippen LogP contribution in [0.3, 0.4) is 0 Å². The maximum atomic E-state index is 12.2. The molecule has 1 atom stereocenters. The summed E-state index contributed by atoms with van der Waals surface area (Å²) in [4.78, 5) is 12.2. The van der Waals surface area contributed by atoms with Crippen LogP contribution in [0.15, 0.2) is 48.5 Å². The molecular formula is C19H22N2O2. The Balaban J connectivity index is 1.93. The summed E-state index contributed by atoms with van der Waals surface area (Å²) in [6.07, 6.45) is 0.715. The van der Waals surface area contributed by atoms with Crippen molar-refractivity contribution in [2.45, 2.75) is 6.42 Å². The van der Waals surface area contributed by atoms with Gasteiger partial charge in [-0.05, 0) is 23.6 Å². The topological polar surface area (TPSA) is 50.4 Å². The van der Waals surface area contributed by atoms with Gasteiger partial charge in [-0.2, -0.15) is 0 Å². The van der Waals surface area contributed by atoms with Gasteiger partial charge in [-0.1, -0.05) is 42.5 Å². The molecule has 1 aliphatic heterocycles. The molecule has 1 fully saturated rings. The van der Waals surface area contributed by atoms with Gasteiger partial charge in [-0.15, -0.1) is 0 Å². The summed E-state index contributed by atoms with van der Waals surface area (Å²) in [5.74, 6) is 0.932. The number of methoxy groups -OCH3 is 1. The number of nitrogens with one attached hydrogen (secondary N) is 2. The zero-order chi connectivity index (χ0) is 16.1. The lowest BCUT2D eigenvalue weighted by Gasteiger charge is -2.17. The van der Waals surface area contributed by atoms with E-state index in [9.17, 15) is 4.79 Å². The average molecular weight is 310 g/mol. The van der Waals surface area contributed by atoms with Gasteiger partial charge in [0.2, 0.25) is 5.91 Å². The molecule has 2 aromatic rings. The Labute approximate surface area is 136 Å². The normalized spacial score (nSPS) is 18.1. The highest BCUT2D eigenvalue weighted by molar-refractivity contribution is 5.80. The van der Waals surface area contributed by atoms with Gasteiger partial charge in [0, 0.05) is 25.2 Å². The van der Waals surface area contributed by atoms with Crippen molar-refractivity contribution in [3.05, 3.63) is 54.1 Å². The number of ether oxygens (including phenoxy) is 1. The van der Waals surface area contributed by atoms with Crippen molar-refractivity contribution in [3.63, 3.8) is 0 Å². The van der Waals surface area contributed by atoms with E-state index in [0.717, 1.165) is 23.4 Å². The number of rotatable bonds is 4. The minimum Gasteiger partial charge on any atom is -0.496 e. The van der Waals surface area contributed by atoms with Crippen LogP contribution in [0.4, 0.5) is 0 Å². The van der Waals surface area contributed by atoms with Gasteiger partial charge in [0.05, 0.1) is 13.0 Å². The van der Waals surface area contributed by atoms with Gasteiger partial charge >= 0.3 is 0 Å². The third kappa shape index (κ3) is 3.54. The highest BCUT2D eigenvalue weighted by Gasteiger charge is 2.22. The molecule has 2 N–H and O–H groups in total. The van der Waals surface area contributed by atoms with E-state index < -0.39 is 0 Å². The molecule has 120 valence electrons. The van der Waals surface area contributed by atoms with Crippen LogP contribution >= 0.6 is 0 Å². The van der Waals surface area contributed by atoms with Crippen molar-refractivity contribution < 1.29 is 9.53 Å². The van der Waals surface area contributed by atoms with Crippen LogP contribution in [0, 0.1) is 5.92 Å². The van der Waals surface area contributed by atoms with Crippen LogP contribution in [-0.2, 0) is 11.2 Å². The summed E-state index contributed by atoms with van der Waals surface area (Å²) in [6, 6.07) is 16.2. The summed E-state index contributed by atoms with van der Waals surface area (Å²) in [5, 5.41) is 6.29. The molecule has 1 heterocycles. The maximum absolute atomic E-state index is 12.2. The molecule has 1 aliphatic rings. The van der Waals surface area contributed by atoms with Crippen LogP contribution in [0.25, 0.3) is 11.1 Å². The molecule has 4 nitrogen and oxygen atoms in total. The fourth-order valence-corrected chi connectivity index (χ4v) is 3.05. The molecule has 0 unspecified atom stereocenters. The number of carbonyl (C=O) groups is 1. The van der Waals surface area contributed by atoms with Crippen LogP contribution in [0.1, 0.15) is 5.56 Å². The van der Waals surface area contributed by atoms with E-state index in [0.29, 0.717) is 19.5 Å². The van der Waals surface area contributed by atoms with Crippen molar-refractivity contribution in [1.82, 2.24) is 10.6 Å². The molecule has 23 heavy (non-hydrogen) atoms. The molecule has 3 rings (SSSR count). The molecule has 0 bridgehead atoms. The minimum absolute atomic E-state index is 0.0478. The molecular weight excluding hydrogens is 288 g/mol. The summed E-state index contributed by atoms with van der Waals surface area (Å²) in [6.45, 7) is 2.24. The SMILES string of the molecule is COc1ccccc1-c1ccccc1C[C@@H]1CNCCNC1=O. The number of carbonyl (C=O) groups excluding carboxylic acids is 1. The van der Waals surface area contributed by atoms with Gasteiger partial charge in [0.25, 0.3) is 0 Å². The quantitative estimate of drug-likeness (QED) is 0.910. The van der Waals surface area contributed by atoms with E-state index in [1.54, 1.807) is 7.11 Å². The Morgan fingerprint density at radius 2 is 1.78 bits per heavy atom. The zero-order valence-corrected chi connectivity index (χ0v) is 13.3. The molecule has 2 aromatic carbocycles. The first kappa shape index (κ1) is 15.6. The fraction of sp³-hybridized carbons (Fsp3) is 0.316. The standard InChI is InChI=1S/C19H22N2O2/c1-23-18-9-5-4-8-17(18)16-7-3-2-6-14(16)12-15-13-20-10-11-21-19(15)22/h2-9,15,20H,10-13H2,1H3,(H,21,22)/t15-/m1/s1. The Hall–Kier alpha value is -2.33. The first-order valence-electron chi connectivity index (χ1n) is 7.99.